The van der Waals surface area contributed by atoms with Gasteiger partial charge in [-0.05, 0) is 31.0 Å². The van der Waals surface area contributed by atoms with E-state index in [1.165, 1.54) is 38.9 Å². The van der Waals surface area contributed by atoms with Gasteiger partial charge in [0.15, 0.2) is 0 Å². The lowest BCUT2D eigenvalue weighted by molar-refractivity contribution is 0.0744. The third kappa shape index (κ3) is 3.73. The monoisotopic (exact) mass is 454 g/mol. The Kier molecular flexibility index (Phi) is 5.56. The Labute approximate surface area is 189 Å². The quantitative estimate of drug-likeness (QED) is 0.594. The van der Waals surface area contributed by atoms with E-state index in [4.69, 9.17) is 4.74 Å². The molecule has 3 aromatic rings. The molecule has 168 valence electrons. The molecule has 0 atom stereocenters. The average Bonchev–Trinajstić information content (AvgIpc) is 3.27. The zero-order valence-corrected chi connectivity index (χ0v) is 19.1. The number of hydrogen-bond acceptors (Lipinski definition) is 8. The number of nitrogens with zero attached hydrogens (tertiary/aromatic N) is 6. The molecule has 2 aliphatic rings. The number of aryl methyl sites for hydroxylation is 1. The summed E-state index contributed by atoms with van der Waals surface area (Å²) in [5, 5.41) is 5.17. The first-order valence-electron chi connectivity index (χ1n) is 10.8. The predicted octanol–water partition coefficient (Wildman–Crippen LogP) is 1.57. The first kappa shape index (κ1) is 20.9. The number of benzene rings is 1. The average molecular weight is 455 g/mol. The van der Waals surface area contributed by atoms with E-state index in [1.807, 2.05) is 0 Å². The first-order valence-corrected chi connectivity index (χ1v) is 11.7. The Balaban J connectivity index is 1.33. The minimum Gasteiger partial charge on any atom is -0.378 e. The zero-order chi connectivity index (χ0) is 22.2. The number of ether oxygens (including phenoxy) is 1. The number of amides is 1. The lowest BCUT2D eigenvalue weighted by Gasteiger charge is -2.37. The van der Waals surface area contributed by atoms with Crippen molar-refractivity contribution < 1.29 is 9.53 Å². The molecule has 0 spiro atoms. The van der Waals surface area contributed by atoms with Crippen molar-refractivity contribution in [2.45, 2.75) is 13.8 Å². The highest BCUT2D eigenvalue weighted by Crippen LogP contribution is 2.25. The summed E-state index contributed by atoms with van der Waals surface area (Å²) in [4.78, 5) is 37.2. The van der Waals surface area contributed by atoms with Gasteiger partial charge in [0.05, 0.1) is 13.2 Å². The standard InChI is InChI=1S/C22H26N6O3S/c1-15-4-3-5-18(16(15)2)25-6-8-26(9-7-25)19(29)17-14-23-21-28(20(17)30)24-22(32-21)27-10-12-31-13-11-27/h3-5,14H,6-13H2,1-2H3. The molecule has 9 nitrogen and oxygen atoms in total. The second-order valence-corrected chi connectivity index (χ2v) is 9.09. The molecule has 0 radical (unpaired) electrons. The molecule has 10 heteroatoms. The third-order valence-electron chi connectivity index (χ3n) is 6.27. The van der Waals surface area contributed by atoms with Crippen molar-refractivity contribution in [1.82, 2.24) is 19.5 Å². The lowest BCUT2D eigenvalue weighted by atomic mass is 10.1. The van der Waals surface area contributed by atoms with Gasteiger partial charge in [-0.3, -0.25) is 9.59 Å². The summed E-state index contributed by atoms with van der Waals surface area (Å²) in [5.74, 6) is -0.279. The maximum absolute atomic E-state index is 13.1. The molecule has 0 N–H and O–H groups in total. The number of anilines is 2. The van der Waals surface area contributed by atoms with Gasteiger partial charge < -0.3 is 19.4 Å². The van der Waals surface area contributed by atoms with Crippen LogP contribution in [0.1, 0.15) is 21.5 Å². The summed E-state index contributed by atoms with van der Waals surface area (Å²) >= 11 is 1.35. The maximum Gasteiger partial charge on any atom is 0.288 e. The molecule has 0 saturated carbocycles. The fourth-order valence-corrected chi connectivity index (χ4v) is 5.12. The molecule has 32 heavy (non-hydrogen) atoms. The Bertz CT molecular complexity index is 1210. The van der Waals surface area contributed by atoms with E-state index >= 15 is 0 Å². The van der Waals surface area contributed by atoms with Crippen LogP contribution in [-0.2, 0) is 4.74 Å². The molecule has 1 aromatic carbocycles. The van der Waals surface area contributed by atoms with Crippen LogP contribution in [0.25, 0.3) is 4.96 Å². The van der Waals surface area contributed by atoms with Crippen molar-refractivity contribution >= 4 is 33.0 Å². The van der Waals surface area contributed by atoms with Crippen LogP contribution in [0.3, 0.4) is 0 Å². The van der Waals surface area contributed by atoms with Crippen molar-refractivity contribution in [1.29, 1.82) is 0 Å². The van der Waals surface area contributed by atoms with Crippen LogP contribution < -0.4 is 15.4 Å². The van der Waals surface area contributed by atoms with Gasteiger partial charge in [0.1, 0.15) is 5.56 Å². The van der Waals surface area contributed by atoms with Gasteiger partial charge in [0.25, 0.3) is 11.5 Å². The van der Waals surface area contributed by atoms with E-state index in [2.05, 4.69) is 51.9 Å². The van der Waals surface area contributed by atoms with Crippen LogP contribution in [0.5, 0.6) is 0 Å². The van der Waals surface area contributed by atoms with Crippen molar-refractivity contribution in [3.05, 3.63) is 51.4 Å². The van der Waals surface area contributed by atoms with E-state index in [0.29, 0.717) is 31.3 Å². The molecule has 0 aliphatic carbocycles. The van der Waals surface area contributed by atoms with Crippen molar-refractivity contribution in [3.8, 4) is 0 Å². The minimum absolute atomic E-state index is 0.0708. The van der Waals surface area contributed by atoms with E-state index < -0.39 is 5.56 Å². The topological polar surface area (TPSA) is 83.3 Å². The van der Waals surface area contributed by atoms with Crippen LogP contribution >= 0.6 is 11.3 Å². The third-order valence-corrected chi connectivity index (χ3v) is 7.26. The van der Waals surface area contributed by atoms with Crippen molar-refractivity contribution in [2.24, 2.45) is 0 Å². The number of rotatable bonds is 3. The Morgan fingerprint density at radius 2 is 1.78 bits per heavy atom. The summed E-state index contributed by atoms with van der Waals surface area (Å²) in [7, 11) is 0. The molecular weight excluding hydrogens is 428 g/mol. The number of fused-ring (bicyclic) bond motifs is 1. The summed E-state index contributed by atoms with van der Waals surface area (Å²) in [5.41, 5.74) is 3.39. The largest absolute Gasteiger partial charge is 0.378 e. The number of morpholine rings is 1. The van der Waals surface area contributed by atoms with Gasteiger partial charge in [0.2, 0.25) is 10.1 Å². The van der Waals surface area contributed by atoms with Crippen LogP contribution in [0.2, 0.25) is 0 Å². The van der Waals surface area contributed by atoms with E-state index in [0.717, 1.165) is 31.3 Å². The van der Waals surface area contributed by atoms with Gasteiger partial charge >= 0.3 is 0 Å². The first-order chi connectivity index (χ1) is 15.5. The Hall–Kier alpha value is -2.98. The zero-order valence-electron chi connectivity index (χ0n) is 18.3. The highest BCUT2D eigenvalue weighted by molar-refractivity contribution is 7.20. The molecule has 1 amide bonds. The number of carbonyl (C=O) groups is 1. The van der Waals surface area contributed by atoms with Gasteiger partial charge in [0, 0.05) is 51.2 Å². The van der Waals surface area contributed by atoms with Crippen LogP contribution in [0.4, 0.5) is 10.8 Å². The molecule has 2 saturated heterocycles. The molecule has 2 aromatic heterocycles. The molecule has 2 fully saturated rings. The van der Waals surface area contributed by atoms with Gasteiger partial charge in [-0.25, -0.2) is 4.98 Å². The maximum atomic E-state index is 13.1. The van der Waals surface area contributed by atoms with E-state index in [9.17, 15) is 9.59 Å². The minimum atomic E-state index is -0.410. The van der Waals surface area contributed by atoms with Crippen LogP contribution in [0, 0.1) is 13.8 Å². The number of carbonyl (C=O) groups excluding carboxylic acids is 1. The van der Waals surface area contributed by atoms with Gasteiger partial charge in [-0.15, -0.1) is 5.10 Å². The molecular formula is C22H26N6O3S. The summed E-state index contributed by atoms with van der Waals surface area (Å²) in [6, 6.07) is 6.30. The normalized spacial score (nSPS) is 17.2. The Morgan fingerprint density at radius 3 is 2.53 bits per heavy atom. The number of aromatic nitrogens is 3. The molecule has 4 heterocycles. The highest BCUT2D eigenvalue weighted by atomic mass is 32.1. The number of piperazine rings is 1. The van der Waals surface area contributed by atoms with Crippen molar-refractivity contribution in [3.63, 3.8) is 0 Å². The summed E-state index contributed by atoms with van der Waals surface area (Å²) < 4.78 is 6.64. The van der Waals surface area contributed by atoms with Crippen LogP contribution in [0.15, 0.2) is 29.2 Å². The summed E-state index contributed by atoms with van der Waals surface area (Å²) in [6.07, 6.45) is 1.40. The molecule has 5 rings (SSSR count). The van der Waals surface area contributed by atoms with Gasteiger partial charge in [-0.2, -0.15) is 4.52 Å². The highest BCUT2D eigenvalue weighted by Gasteiger charge is 2.26. The second-order valence-electron chi connectivity index (χ2n) is 8.15. The second kappa shape index (κ2) is 8.51. The lowest BCUT2D eigenvalue weighted by Crippen LogP contribution is -2.50. The smallest absolute Gasteiger partial charge is 0.288 e. The molecule has 0 unspecified atom stereocenters. The fraction of sp³-hybridized carbons (Fsp3) is 0.455. The molecule has 0 bridgehead atoms. The molecule has 2 aliphatic heterocycles. The Morgan fingerprint density at radius 1 is 1.03 bits per heavy atom. The summed E-state index contributed by atoms with van der Waals surface area (Å²) in [6.45, 7) is 9.54. The predicted molar refractivity (Wildman–Crippen MR) is 124 cm³/mol. The number of hydrogen-bond donors (Lipinski definition) is 0. The van der Waals surface area contributed by atoms with E-state index in [1.54, 1.807) is 4.90 Å². The van der Waals surface area contributed by atoms with E-state index in [-0.39, 0.29) is 11.5 Å². The van der Waals surface area contributed by atoms with Crippen LogP contribution in [-0.4, -0.2) is 77.9 Å². The SMILES string of the molecule is Cc1cccc(N2CCN(C(=O)c3cnc4sc(N5CCOCC5)nn4c3=O)CC2)c1C. The fourth-order valence-electron chi connectivity index (χ4n) is 4.20. The van der Waals surface area contributed by atoms with Gasteiger partial charge in [-0.1, -0.05) is 23.5 Å². The van der Waals surface area contributed by atoms with Crippen molar-refractivity contribution in [2.75, 3.05) is 62.3 Å².